The van der Waals surface area contributed by atoms with E-state index in [4.69, 9.17) is 5.11 Å². The second-order valence-electron chi connectivity index (χ2n) is 4.03. The molecule has 0 radical (unpaired) electrons. The largest absolute Gasteiger partial charge is 0.480 e. The van der Waals surface area contributed by atoms with Gasteiger partial charge < -0.3 is 15.7 Å². The first kappa shape index (κ1) is 14.0. The first-order valence-corrected chi connectivity index (χ1v) is 5.75. The van der Waals surface area contributed by atoms with Crippen molar-refractivity contribution >= 4 is 17.7 Å². The average Bonchev–Trinajstić information content (AvgIpc) is 2.28. The molecular formula is C12H17N3O3. The number of hydrogen-bond donors (Lipinski definition) is 3. The van der Waals surface area contributed by atoms with Crippen molar-refractivity contribution in [1.82, 2.24) is 10.3 Å². The van der Waals surface area contributed by atoms with E-state index in [0.29, 0.717) is 18.5 Å². The van der Waals surface area contributed by atoms with Gasteiger partial charge in [-0.05, 0) is 25.0 Å². The second kappa shape index (κ2) is 6.58. The van der Waals surface area contributed by atoms with Crippen molar-refractivity contribution in [3.8, 4) is 0 Å². The van der Waals surface area contributed by atoms with Gasteiger partial charge in [-0.15, -0.1) is 0 Å². The number of aliphatic carboxylic acids is 1. The Morgan fingerprint density at radius 1 is 1.44 bits per heavy atom. The van der Waals surface area contributed by atoms with Crippen molar-refractivity contribution in [1.29, 1.82) is 0 Å². The number of nitrogens with one attached hydrogen (secondary N) is 2. The molecule has 0 fully saturated rings. The van der Waals surface area contributed by atoms with Gasteiger partial charge in [0.1, 0.15) is 6.04 Å². The van der Waals surface area contributed by atoms with Crippen LogP contribution in [-0.2, 0) is 4.79 Å². The van der Waals surface area contributed by atoms with Crippen LogP contribution in [0.25, 0.3) is 0 Å². The fourth-order valence-electron chi connectivity index (χ4n) is 1.49. The summed E-state index contributed by atoms with van der Waals surface area (Å²) in [6.07, 6.45) is 4.25. The van der Waals surface area contributed by atoms with Crippen LogP contribution in [0.4, 0.5) is 10.5 Å². The Balaban J connectivity index is 2.57. The summed E-state index contributed by atoms with van der Waals surface area (Å²) in [5, 5.41) is 13.9. The van der Waals surface area contributed by atoms with Crippen molar-refractivity contribution in [2.24, 2.45) is 0 Å². The number of carboxylic acid groups (broad SMARTS) is 1. The summed E-state index contributed by atoms with van der Waals surface area (Å²) in [4.78, 5) is 26.4. The highest BCUT2D eigenvalue weighted by Gasteiger charge is 2.18. The normalized spacial score (nSPS) is 11.7. The van der Waals surface area contributed by atoms with Gasteiger partial charge in [0, 0.05) is 6.20 Å². The number of aryl methyl sites for hydroxylation is 1. The average molecular weight is 251 g/mol. The zero-order valence-corrected chi connectivity index (χ0v) is 10.4. The summed E-state index contributed by atoms with van der Waals surface area (Å²) in [5.41, 5.74) is 1.45. The van der Waals surface area contributed by atoms with E-state index in [2.05, 4.69) is 15.6 Å². The number of rotatable bonds is 5. The lowest BCUT2D eigenvalue weighted by molar-refractivity contribution is -0.139. The van der Waals surface area contributed by atoms with Crippen LogP contribution in [-0.4, -0.2) is 28.1 Å². The molecule has 0 aliphatic rings. The van der Waals surface area contributed by atoms with Crippen LogP contribution < -0.4 is 10.6 Å². The van der Waals surface area contributed by atoms with Gasteiger partial charge in [0.2, 0.25) is 0 Å². The fraction of sp³-hybridized carbons (Fsp3) is 0.417. The third-order valence-electron chi connectivity index (χ3n) is 2.31. The van der Waals surface area contributed by atoms with E-state index >= 15 is 0 Å². The first-order chi connectivity index (χ1) is 8.52. The molecule has 6 heteroatoms. The van der Waals surface area contributed by atoms with Crippen LogP contribution in [0.2, 0.25) is 0 Å². The minimum Gasteiger partial charge on any atom is -0.480 e. The molecule has 1 rings (SSSR count). The Bertz CT molecular complexity index is 434. The van der Waals surface area contributed by atoms with Gasteiger partial charge in [-0.1, -0.05) is 13.3 Å². The van der Waals surface area contributed by atoms with Crippen molar-refractivity contribution in [3.05, 3.63) is 24.0 Å². The number of pyridine rings is 1. The van der Waals surface area contributed by atoms with Gasteiger partial charge >= 0.3 is 12.0 Å². The van der Waals surface area contributed by atoms with Gasteiger partial charge in [0.15, 0.2) is 0 Å². The topological polar surface area (TPSA) is 91.3 Å². The number of carbonyl (C=O) groups excluding carboxylic acids is 1. The van der Waals surface area contributed by atoms with Crippen LogP contribution in [0.5, 0.6) is 0 Å². The monoisotopic (exact) mass is 251 g/mol. The summed E-state index contributed by atoms with van der Waals surface area (Å²) in [7, 11) is 0. The predicted octanol–water partition coefficient (Wildman–Crippen LogP) is 1.76. The van der Waals surface area contributed by atoms with Crippen LogP contribution in [0.1, 0.15) is 25.3 Å². The summed E-state index contributed by atoms with van der Waals surface area (Å²) in [6, 6.07) is 0.346. The molecule has 0 saturated heterocycles. The van der Waals surface area contributed by atoms with Gasteiger partial charge in [0.05, 0.1) is 11.9 Å². The number of hydrogen-bond acceptors (Lipinski definition) is 3. The maximum Gasteiger partial charge on any atom is 0.326 e. The van der Waals surface area contributed by atoms with E-state index < -0.39 is 18.0 Å². The molecular weight excluding hydrogens is 234 g/mol. The summed E-state index contributed by atoms with van der Waals surface area (Å²) >= 11 is 0. The van der Waals surface area contributed by atoms with Crippen LogP contribution in [0, 0.1) is 6.92 Å². The van der Waals surface area contributed by atoms with E-state index in [-0.39, 0.29) is 0 Å². The van der Waals surface area contributed by atoms with Crippen molar-refractivity contribution in [3.63, 3.8) is 0 Å². The van der Waals surface area contributed by atoms with E-state index in [1.54, 1.807) is 12.3 Å². The highest BCUT2D eigenvalue weighted by atomic mass is 16.4. The molecule has 1 atom stereocenters. The number of anilines is 1. The molecule has 2 amide bonds. The molecule has 0 aliphatic carbocycles. The maximum absolute atomic E-state index is 11.6. The smallest absolute Gasteiger partial charge is 0.326 e. The summed E-state index contributed by atoms with van der Waals surface area (Å²) in [5.74, 6) is -1.03. The van der Waals surface area contributed by atoms with E-state index in [0.717, 1.165) is 5.56 Å². The Kier molecular flexibility index (Phi) is 5.10. The molecule has 1 heterocycles. The first-order valence-electron chi connectivity index (χ1n) is 5.75. The van der Waals surface area contributed by atoms with Gasteiger partial charge in [-0.2, -0.15) is 0 Å². The number of urea groups is 1. The van der Waals surface area contributed by atoms with Gasteiger partial charge in [-0.25, -0.2) is 9.59 Å². The molecule has 1 aromatic rings. The molecule has 18 heavy (non-hydrogen) atoms. The summed E-state index contributed by atoms with van der Waals surface area (Å²) in [6.45, 7) is 3.72. The third-order valence-corrected chi connectivity index (χ3v) is 2.31. The standard InChI is InChI=1S/C12H17N3O3/c1-3-4-10(11(16)17)15-12(18)14-9-5-8(2)6-13-7-9/h5-7,10H,3-4H2,1-2H3,(H,16,17)(H2,14,15,18). The number of nitrogens with zero attached hydrogens (tertiary/aromatic N) is 1. The molecule has 0 aliphatic heterocycles. The molecule has 1 aromatic heterocycles. The highest BCUT2D eigenvalue weighted by Crippen LogP contribution is 2.07. The van der Waals surface area contributed by atoms with Crippen LogP contribution in [0.15, 0.2) is 18.5 Å². The lowest BCUT2D eigenvalue weighted by Crippen LogP contribution is -2.42. The molecule has 0 bridgehead atoms. The molecule has 3 N–H and O–H groups in total. The third kappa shape index (κ3) is 4.40. The highest BCUT2D eigenvalue weighted by molar-refractivity contribution is 5.92. The zero-order chi connectivity index (χ0) is 13.5. The van der Waals surface area contributed by atoms with Crippen LogP contribution in [0.3, 0.4) is 0 Å². The molecule has 6 nitrogen and oxygen atoms in total. The fourth-order valence-corrected chi connectivity index (χ4v) is 1.49. The minimum absolute atomic E-state index is 0.398. The Morgan fingerprint density at radius 3 is 2.72 bits per heavy atom. The Morgan fingerprint density at radius 2 is 2.17 bits per heavy atom. The number of amides is 2. The van der Waals surface area contributed by atoms with Gasteiger partial charge in [-0.3, -0.25) is 4.98 Å². The quantitative estimate of drug-likeness (QED) is 0.743. The van der Waals surface area contributed by atoms with Crippen molar-refractivity contribution in [2.45, 2.75) is 32.7 Å². The van der Waals surface area contributed by atoms with Crippen molar-refractivity contribution in [2.75, 3.05) is 5.32 Å². The molecule has 98 valence electrons. The van der Waals surface area contributed by atoms with E-state index in [1.807, 2.05) is 13.8 Å². The lowest BCUT2D eigenvalue weighted by atomic mass is 10.2. The molecule has 0 aromatic carbocycles. The van der Waals surface area contributed by atoms with Crippen LogP contribution >= 0.6 is 0 Å². The van der Waals surface area contributed by atoms with Gasteiger partial charge in [0.25, 0.3) is 0 Å². The Hall–Kier alpha value is -2.11. The van der Waals surface area contributed by atoms with E-state index in [9.17, 15) is 9.59 Å². The van der Waals surface area contributed by atoms with E-state index in [1.165, 1.54) is 6.20 Å². The number of carbonyl (C=O) groups is 2. The number of aromatic nitrogens is 1. The maximum atomic E-state index is 11.6. The number of carboxylic acids is 1. The zero-order valence-electron chi connectivity index (χ0n) is 10.4. The minimum atomic E-state index is -1.03. The second-order valence-corrected chi connectivity index (χ2v) is 4.03. The lowest BCUT2D eigenvalue weighted by Gasteiger charge is -2.14. The summed E-state index contributed by atoms with van der Waals surface area (Å²) < 4.78 is 0. The molecule has 0 saturated carbocycles. The molecule has 1 unspecified atom stereocenters. The predicted molar refractivity (Wildman–Crippen MR) is 67.5 cm³/mol. The Labute approximate surface area is 105 Å². The van der Waals surface area contributed by atoms with Crippen molar-refractivity contribution < 1.29 is 14.7 Å². The molecule has 0 spiro atoms. The SMILES string of the molecule is CCCC(NC(=O)Nc1cncc(C)c1)C(=O)O.